The number of allylic oxidation sites excluding steroid dienone is 1. The molecule has 0 atom stereocenters. The quantitative estimate of drug-likeness (QED) is 0.431. The minimum Gasteiger partial charge on any atom is -0.394 e. The summed E-state index contributed by atoms with van der Waals surface area (Å²) in [6, 6.07) is 2.11. The third-order valence-electron chi connectivity index (χ3n) is 1.47. The molecule has 1 rings (SSSR count). The smallest absolute Gasteiger partial charge is 0.149 e. The summed E-state index contributed by atoms with van der Waals surface area (Å²) in [6.07, 6.45) is 2.95. The summed E-state index contributed by atoms with van der Waals surface area (Å²) in [6.45, 7) is 0. The van der Waals surface area contributed by atoms with Crippen LogP contribution in [0.15, 0.2) is 18.2 Å². The third kappa shape index (κ3) is 2.11. The van der Waals surface area contributed by atoms with Crippen molar-refractivity contribution in [1.29, 1.82) is 0 Å². The minimum atomic E-state index is -0.828. The molecule has 1 aromatic rings. The number of aldehydes is 1. The Balaban J connectivity index is 3.12. The van der Waals surface area contributed by atoms with E-state index < -0.39 is 17.3 Å². The lowest BCUT2D eigenvalue weighted by Crippen LogP contribution is -1.95. The molecule has 0 saturated carbocycles. The number of benzene rings is 1. The highest BCUT2D eigenvalue weighted by Crippen LogP contribution is 2.17. The Hall–Kier alpha value is -1.71. The highest BCUT2D eigenvalue weighted by molar-refractivity contribution is 5.74. The number of hydrogen-bond donors (Lipinski definition) is 1. The van der Waals surface area contributed by atoms with Crippen molar-refractivity contribution in [2.24, 2.45) is 0 Å². The predicted octanol–water partition coefficient (Wildman–Crippen LogP) is 1.76. The average molecular weight is 183 g/mol. The molecular formula is C9H7F2NO. The monoisotopic (exact) mass is 183 g/mol. The Morgan fingerprint density at radius 1 is 1.23 bits per heavy atom. The second-order valence-electron chi connectivity index (χ2n) is 2.39. The van der Waals surface area contributed by atoms with Crippen molar-refractivity contribution in [3.8, 4) is 0 Å². The highest BCUT2D eigenvalue weighted by Gasteiger charge is 2.05. The van der Waals surface area contributed by atoms with Gasteiger partial charge < -0.3 is 5.73 Å². The molecule has 13 heavy (non-hydrogen) atoms. The summed E-state index contributed by atoms with van der Waals surface area (Å²) >= 11 is 0. The van der Waals surface area contributed by atoms with E-state index in [2.05, 4.69) is 0 Å². The number of anilines is 1. The number of hydrogen-bond acceptors (Lipinski definition) is 2. The first-order chi connectivity index (χ1) is 6.15. The normalized spacial score (nSPS) is 10.6. The van der Waals surface area contributed by atoms with Gasteiger partial charge in [-0.2, -0.15) is 0 Å². The molecule has 2 N–H and O–H groups in total. The fourth-order valence-corrected chi connectivity index (χ4v) is 0.851. The molecule has 0 radical (unpaired) electrons. The van der Waals surface area contributed by atoms with Gasteiger partial charge in [-0.1, -0.05) is 6.08 Å². The van der Waals surface area contributed by atoms with Crippen LogP contribution in [-0.2, 0) is 4.79 Å². The Morgan fingerprint density at radius 3 is 2.23 bits per heavy atom. The molecule has 2 nitrogen and oxygen atoms in total. The zero-order valence-electron chi connectivity index (χ0n) is 6.63. The van der Waals surface area contributed by atoms with E-state index in [9.17, 15) is 13.6 Å². The number of carbonyl (C=O) groups excluding carboxylic acids is 1. The van der Waals surface area contributed by atoms with Crippen LogP contribution in [-0.4, -0.2) is 6.29 Å². The molecule has 0 bridgehead atoms. The van der Waals surface area contributed by atoms with Gasteiger partial charge in [0.15, 0.2) is 0 Å². The van der Waals surface area contributed by atoms with Crippen LogP contribution in [0.3, 0.4) is 0 Å². The summed E-state index contributed by atoms with van der Waals surface area (Å²) in [5.41, 5.74) is 4.79. The van der Waals surface area contributed by atoms with E-state index in [4.69, 9.17) is 5.73 Å². The van der Waals surface area contributed by atoms with E-state index in [-0.39, 0.29) is 5.56 Å². The maximum absolute atomic E-state index is 12.8. The van der Waals surface area contributed by atoms with E-state index in [1.165, 1.54) is 6.08 Å². The fraction of sp³-hybridized carbons (Fsp3) is 0. The van der Waals surface area contributed by atoms with Gasteiger partial charge in [-0.3, -0.25) is 4.79 Å². The van der Waals surface area contributed by atoms with Crippen LogP contribution in [0.1, 0.15) is 5.56 Å². The zero-order valence-corrected chi connectivity index (χ0v) is 6.63. The molecular weight excluding hydrogens is 176 g/mol. The number of rotatable bonds is 2. The second kappa shape index (κ2) is 3.80. The van der Waals surface area contributed by atoms with Gasteiger partial charge in [0.25, 0.3) is 0 Å². The van der Waals surface area contributed by atoms with Gasteiger partial charge in [-0.25, -0.2) is 8.78 Å². The molecule has 4 heteroatoms. The third-order valence-corrected chi connectivity index (χ3v) is 1.47. The summed E-state index contributed by atoms with van der Waals surface area (Å²) in [5.74, 6) is -1.66. The van der Waals surface area contributed by atoms with Crippen LogP contribution in [0.2, 0.25) is 0 Å². The second-order valence-corrected chi connectivity index (χ2v) is 2.39. The first-order valence-corrected chi connectivity index (χ1v) is 3.51. The van der Waals surface area contributed by atoms with Gasteiger partial charge in [0.2, 0.25) is 0 Å². The van der Waals surface area contributed by atoms with Crippen LogP contribution in [0.5, 0.6) is 0 Å². The van der Waals surface area contributed by atoms with Crippen molar-refractivity contribution < 1.29 is 13.6 Å². The molecule has 0 unspecified atom stereocenters. The molecule has 0 fully saturated rings. The van der Waals surface area contributed by atoms with E-state index in [0.717, 1.165) is 18.2 Å². The summed E-state index contributed by atoms with van der Waals surface area (Å²) in [5, 5.41) is 0. The molecule has 0 aliphatic carbocycles. The van der Waals surface area contributed by atoms with Gasteiger partial charge in [-0.05, 0) is 23.8 Å². The number of halogens is 2. The molecule has 0 amide bonds. The van der Waals surface area contributed by atoms with Crippen molar-refractivity contribution in [3.05, 3.63) is 35.4 Å². The molecule has 1 aromatic carbocycles. The Bertz CT molecular complexity index is 338. The Morgan fingerprint density at radius 2 is 1.77 bits per heavy atom. The minimum absolute atomic E-state index is 0.260. The van der Waals surface area contributed by atoms with Crippen LogP contribution in [0.4, 0.5) is 14.5 Å². The van der Waals surface area contributed by atoms with Gasteiger partial charge in [0.1, 0.15) is 23.6 Å². The molecule has 0 spiro atoms. The van der Waals surface area contributed by atoms with Crippen molar-refractivity contribution in [2.75, 3.05) is 5.73 Å². The first kappa shape index (κ1) is 9.38. The molecule has 0 aliphatic rings. The maximum atomic E-state index is 12.8. The number of nitrogens with two attached hydrogens (primary N) is 1. The van der Waals surface area contributed by atoms with Crippen LogP contribution >= 0.6 is 0 Å². The van der Waals surface area contributed by atoms with Gasteiger partial charge in [0.05, 0.1) is 0 Å². The van der Waals surface area contributed by atoms with Crippen LogP contribution in [0, 0.1) is 11.6 Å². The lowest BCUT2D eigenvalue weighted by Gasteiger charge is -1.99. The Kier molecular flexibility index (Phi) is 2.74. The predicted molar refractivity (Wildman–Crippen MR) is 45.9 cm³/mol. The molecule has 68 valence electrons. The molecule has 0 aromatic heterocycles. The van der Waals surface area contributed by atoms with Crippen molar-refractivity contribution in [3.63, 3.8) is 0 Å². The van der Waals surface area contributed by atoms with Gasteiger partial charge in [-0.15, -0.1) is 0 Å². The van der Waals surface area contributed by atoms with E-state index in [1.807, 2.05) is 0 Å². The average Bonchev–Trinajstić information content (AvgIpc) is 2.10. The van der Waals surface area contributed by atoms with Gasteiger partial charge >= 0.3 is 0 Å². The number of carbonyl (C=O) groups is 1. The summed E-state index contributed by atoms with van der Waals surface area (Å²) in [4.78, 5) is 9.92. The number of nitrogen functional groups attached to an aromatic ring is 1. The van der Waals surface area contributed by atoms with E-state index >= 15 is 0 Å². The summed E-state index contributed by atoms with van der Waals surface area (Å²) in [7, 11) is 0. The van der Waals surface area contributed by atoms with E-state index in [0.29, 0.717) is 6.29 Å². The van der Waals surface area contributed by atoms with Crippen LogP contribution < -0.4 is 5.73 Å². The molecule has 0 heterocycles. The SMILES string of the molecule is Nc1c(F)cc(C=CC=O)cc1F. The fourth-order valence-electron chi connectivity index (χ4n) is 0.851. The van der Waals surface area contributed by atoms with Crippen molar-refractivity contribution >= 4 is 18.0 Å². The standard InChI is InChI=1S/C9H7F2NO/c10-7-4-6(2-1-3-13)5-8(11)9(7)12/h1-5H,12H2. The Labute approximate surface area is 73.7 Å². The molecule has 0 aliphatic heterocycles. The van der Waals surface area contributed by atoms with Crippen molar-refractivity contribution in [2.45, 2.75) is 0 Å². The summed E-state index contributed by atoms with van der Waals surface area (Å²) < 4.78 is 25.6. The topological polar surface area (TPSA) is 43.1 Å². The largest absolute Gasteiger partial charge is 0.394 e. The first-order valence-electron chi connectivity index (χ1n) is 3.51. The van der Waals surface area contributed by atoms with Crippen molar-refractivity contribution in [1.82, 2.24) is 0 Å². The van der Waals surface area contributed by atoms with Gasteiger partial charge in [0, 0.05) is 0 Å². The lowest BCUT2D eigenvalue weighted by molar-refractivity contribution is -0.104. The zero-order chi connectivity index (χ0) is 9.84. The lowest BCUT2D eigenvalue weighted by atomic mass is 10.2. The van der Waals surface area contributed by atoms with Crippen LogP contribution in [0.25, 0.3) is 6.08 Å². The van der Waals surface area contributed by atoms with E-state index in [1.54, 1.807) is 0 Å². The maximum Gasteiger partial charge on any atom is 0.149 e. The molecule has 0 saturated heterocycles. The highest BCUT2D eigenvalue weighted by atomic mass is 19.1.